The fourth-order valence-corrected chi connectivity index (χ4v) is 6.09. The lowest BCUT2D eigenvalue weighted by atomic mass is 10.1. The number of carbonyl (C=O) groups is 3. The van der Waals surface area contributed by atoms with Gasteiger partial charge in [-0.15, -0.1) is 59.1 Å². The monoisotopic (exact) mass is 928 g/mol. The summed E-state index contributed by atoms with van der Waals surface area (Å²) < 4.78 is 98.5. The number of piperidine rings is 2. The van der Waals surface area contributed by atoms with Crippen LogP contribution in [-0.4, -0.2) is 99.9 Å². The predicted octanol–water partition coefficient (Wildman–Crippen LogP) is 7.44. The third-order valence-corrected chi connectivity index (χ3v) is 8.76. The fourth-order valence-electron chi connectivity index (χ4n) is 6.09. The van der Waals surface area contributed by atoms with Gasteiger partial charge in [-0.05, 0) is 94.2 Å². The Morgan fingerprint density at radius 2 is 1.09 bits per heavy atom. The zero-order chi connectivity index (χ0) is 45.6. The predicted molar refractivity (Wildman–Crippen MR) is 220 cm³/mol. The van der Waals surface area contributed by atoms with E-state index in [2.05, 4.69) is 45.8 Å². The van der Waals surface area contributed by atoms with Gasteiger partial charge in [-0.3, -0.25) is 9.59 Å². The number of alkyl halides is 6. The second-order valence-corrected chi connectivity index (χ2v) is 15.2. The van der Waals surface area contributed by atoms with Crippen molar-refractivity contribution in [1.82, 2.24) is 30.6 Å². The summed E-state index contributed by atoms with van der Waals surface area (Å²) in [7, 11) is 0. The van der Waals surface area contributed by atoms with Gasteiger partial charge in [0.2, 0.25) is 23.6 Å². The summed E-state index contributed by atoms with van der Waals surface area (Å²) in [6, 6.07) is 16.7. The molecule has 0 aliphatic carbocycles. The summed E-state index contributed by atoms with van der Waals surface area (Å²) in [4.78, 5) is 38.1. The molecule has 0 saturated carbocycles. The largest absolute Gasteiger partial charge is 0.573 e. The lowest BCUT2D eigenvalue weighted by Gasteiger charge is -2.33. The fraction of sp³-hybridized carbons (Fsp3) is 0.439. The van der Waals surface area contributed by atoms with Crippen molar-refractivity contribution >= 4 is 42.0 Å². The van der Waals surface area contributed by atoms with Crippen LogP contribution < -0.4 is 34.9 Å². The van der Waals surface area contributed by atoms with E-state index in [1.54, 1.807) is 23.1 Å². The van der Waals surface area contributed by atoms with E-state index in [1.165, 1.54) is 36.4 Å². The van der Waals surface area contributed by atoms with E-state index in [-0.39, 0.29) is 66.8 Å². The van der Waals surface area contributed by atoms with E-state index in [4.69, 9.17) is 14.2 Å². The zero-order valence-corrected chi connectivity index (χ0v) is 35.6. The van der Waals surface area contributed by atoms with E-state index in [0.29, 0.717) is 42.9 Å². The van der Waals surface area contributed by atoms with Crippen molar-refractivity contribution in [2.75, 3.05) is 36.8 Å². The van der Waals surface area contributed by atoms with Crippen LogP contribution in [0.5, 0.6) is 23.3 Å². The molecule has 2 aromatic carbocycles. The maximum Gasteiger partial charge on any atom is 0.573 e. The van der Waals surface area contributed by atoms with Gasteiger partial charge in [0.25, 0.3) is 0 Å². The van der Waals surface area contributed by atoms with Crippen LogP contribution in [0.25, 0.3) is 0 Å². The summed E-state index contributed by atoms with van der Waals surface area (Å²) in [5.74, 6) is -0.650. The number of amides is 3. The molecule has 4 heterocycles. The summed E-state index contributed by atoms with van der Waals surface area (Å²) in [5, 5.41) is 24.0. The zero-order valence-electron chi connectivity index (χ0n) is 34.8. The average Bonchev–Trinajstić information content (AvgIpc) is 3.19. The first-order chi connectivity index (χ1) is 29.7. The number of aromatic nitrogens is 4. The molecule has 0 radical (unpaired) electrons. The number of rotatable bonds is 12. The molecule has 2 aromatic heterocycles. The quantitative estimate of drug-likeness (QED) is 0.119. The number of carbonyl (C=O) groups excluding carboxylic acids is 3. The summed E-state index contributed by atoms with van der Waals surface area (Å²) in [6.45, 7) is 8.22. The Balaban J connectivity index is 0.000000283. The number of hydrogen-bond donors (Lipinski definition) is 3. The molecule has 2 aliphatic heterocycles. The molecule has 16 nitrogen and oxygen atoms in total. The van der Waals surface area contributed by atoms with Crippen LogP contribution in [0, 0.1) is 0 Å². The van der Waals surface area contributed by atoms with E-state index in [1.807, 2.05) is 20.8 Å². The Morgan fingerprint density at radius 3 is 1.48 bits per heavy atom. The molecule has 0 bridgehead atoms. The van der Waals surface area contributed by atoms with E-state index >= 15 is 0 Å². The lowest BCUT2D eigenvalue weighted by Crippen LogP contribution is -2.44. The molecule has 6 rings (SSSR count). The van der Waals surface area contributed by atoms with Crippen molar-refractivity contribution in [2.45, 2.75) is 89.8 Å². The number of benzene rings is 2. The molecule has 23 heteroatoms. The highest BCUT2D eigenvalue weighted by Crippen LogP contribution is 2.26. The van der Waals surface area contributed by atoms with Crippen molar-refractivity contribution in [3.8, 4) is 23.3 Å². The van der Waals surface area contributed by atoms with Gasteiger partial charge in [-0.2, -0.15) is 0 Å². The van der Waals surface area contributed by atoms with E-state index in [9.17, 15) is 40.7 Å². The van der Waals surface area contributed by atoms with Crippen molar-refractivity contribution in [1.29, 1.82) is 0 Å². The molecule has 64 heavy (non-hydrogen) atoms. The highest BCUT2D eigenvalue weighted by molar-refractivity contribution is 5.92. The maximum absolute atomic E-state index is 12.4. The van der Waals surface area contributed by atoms with Gasteiger partial charge in [0, 0.05) is 38.1 Å². The smallest absolute Gasteiger partial charge is 0.473 e. The average molecular weight is 929 g/mol. The number of nitrogens with one attached hydrogen (secondary N) is 3. The van der Waals surface area contributed by atoms with Crippen LogP contribution >= 0.6 is 12.4 Å². The first kappa shape index (κ1) is 50.5. The molecule has 0 spiro atoms. The van der Waals surface area contributed by atoms with Gasteiger partial charge in [0.1, 0.15) is 29.3 Å². The van der Waals surface area contributed by atoms with Gasteiger partial charge in [-0.25, -0.2) is 4.79 Å². The highest BCUT2D eigenvalue weighted by atomic mass is 35.5. The van der Waals surface area contributed by atoms with Crippen LogP contribution in [0.2, 0.25) is 0 Å². The highest BCUT2D eigenvalue weighted by Gasteiger charge is 2.32. The molecule has 2 aliphatic rings. The molecule has 2 fully saturated rings. The van der Waals surface area contributed by atoms with Crippen LogP contribution in [0.15, 0.2) is 72.8 Å². The Morgan fingerprint density at radius 1 is 0.656 bits per heavy atom. The van der Waals surface area contributed by atoms with E-state index in [0.717, 1.165) is 44.1 Å². The van der Waals surface area contributed by atoms with Crippen LogP contribution in [-0.2, 0) is 27.2 Å². The summed E-state index contributed by atoms with van der Waals surface area (Å²) in [5.41, 5.74) is 0.163. The summed E-state index contributed by atoms with van der Waals surface area (Å²) >= 11 is 0. The Labute approximate surface area is 370 Å². The Bertz CT molecular complexity index is 2120. The van der Waals surface area contributed by atoms with Crippen LogP contribution in [0.3, 0.4) is 0 Å². The van der Waals surface area contributed by atoms with Gasteiger partial charge < -0.3 is 44.5 Å². The number of nitrogens with zero attached hydrogens (tertiary/aromatic N) is 5. The van der Waals surface area contributed by atoms with Crippen molar-refractivity contribution in [3.05, 3.63) is 83.9 Å². The number of hydrogen-bond acceptors (Lipinski definition) is 13. The summed E-state index contributed by atoms with van der Waals surface area (Å²) in [6.07, 6.45) is -7.33. The van der Waals surface area contributed by atoms with Crippen LogP contribution in [0.4, 0.5) is 42.8 Å². The van der Waals surface area contributed by atoms with Crippen molar-refractivity contribution in [3.63, 3.8) is 0 Å². The SMILES string of the molecule is CC(C)(C)OC(=O)N1CCC(Oc2ccc(NC(=O)Cc3cccc(OC(F)(F)F)c3)nn2)CC1.Cl.O=C(Cc1cccc(OC(F)(F)F)c1)Nc1ccc(OC2CCNCC2)nn1. The van der Waals surface area contributed by atoms with Gasteiger partial charge in [0.05, 0.1) is 12.8 Å². The third kappa shape index (κ3) is 18.7. The molecular formula is C41H47ClF6N8O8. The number of likely N-dealkylation sites (tertiary alicyclic amines) is 1. The second kappa shape index (κ2) is 23.0. The molecule has 3 N–H and O–H groups in total. The minimum absolute atomic E-state index is 0. The topological polar surface area (TPSA) is 188 Å². The Kier molecular flexibility index (Phi) is 18.1. The van der Waals surface area contributed by atoms with Crippen molar-refractivity contribution in [2.24, 2.45) is 0 Å². The first-order valence-corrected chi connectivity index (χ1v) is 19.7. The molecular weight excluding hydrogens is 882 g/mol. The number of halogens is 7. The first-order valence-electron chi connectivity index (χ1n) is 19.7. The minimum atomic E-state index is -4.81. The molecule has 0 atom stereocenters. The van der Waals surface area contributed by atoms with Gasteiger partial charge >= 0.3 is 18.8 Å². The van der Waals surface area contributed by atoms with Gasteiger partial charge in [0.15, 0.2) is 11.6 Å². The molecule has 0 unspecified atom stereocenters. The standard InChI is InChI=1S/C23H27F3N4O5.C18H19F3N4O3.ClH/c1-22(2,3)35-21(32)30-11-9-16(10-12-30)33-20-8-7-18(28-29-20)27-19(31)14-15-5-4-6-17(13-15)34-23(24,25)26;19-18(20,21)28-14-3-1-2-12(10-14)11-16(26)23-15-4-5-17(25-24-15)27-13-6-8-22-9-7-13;/h4-8,13,16H,9-12,14H2,1-3H3,(H,27,28,31);1-5,10,13,22H,6-9,11H2,(H,23,24,26);1H. The molecule has 348 valence electrons. The molecule has 3 amide bonds. The van der Waals surface area contributed by atoms with Crippen molar-refractivity contribution < 1.29 is 64.4 Å². The normalized spacial score (nSPS) is 14.7. The second-order valence-electron chi connectivity index (χ2n) is 15.2. The number of ether oxygens (including phenoxy) is 5. The third-order valence-electron chi connectivity index (χ3n) is 8.76. The number of anilines is 2. The molecule has 4 aromatic rings. The lowest BCUT2D eigenvalue weighted by molar-refractivity contribution is -0.275. The molecule has 2 saturated heterocycles. The maximum atomic E-state index is 12.4. The minimum Gasteiger partial charge on any atom is -0.473 e. The van der Waals surface area contributed by atoms with E-state index < -0.39 is 35.9 Å². The Hall–Kier alpha value is -6.16. The van der Waals surface area contributed by atoms with Gasteiger partial charge in [-0.1, -0.05) is 24.3 Å². The van der Waals surface area contributed by atoms with Crippen LogP contribution in [0.1, 0.15) is 57.6 Å².